The van der Waals surface area contributed by atoms with Crippen LogP contribution in [0.25, 0.3) is 0 Å². The number of aromatic nitrogens is 1. The third kappa shape index (κ3) is 2.01. The lowest BCUT2D eigenvalue weighted by atomic mass is 9.97. The molecular formula is C12H15NO3. The van der Waals surface area contributed by atoms with Gasteiger partial charge in [0.1, 0.15) is 5.69 Å². The number of rotatable bonds is 2. The summed E-state index contributed by atoms with van der Waals surface area (Å²) in [5.41, 5.74) is 1.91. The summed E-state index contributed by atoms with van der Waals surface area (Å²) in [6.07, 6.45) is 2.11. The largest absolute Gasteiger partial charge is 0.458 e. The van der Waals surface area contributed by atoms with Crippen molar-refractivity contribution in [3.8, 4) is 0 Å². The van der Waals surface area contributed by atoms with E-state index in [9.17, 15) is 9.59 Å². The summed E-state index contributed by atoms with van der Waals surface area (Å²) >= 11 is 0. The van der Waals surface area contributed by atoms with Gasteiger partial charge in [0.15, 0.2) is 5.78 Å². The predicted octanol–water partition coefficient (Wildman–Crippen LogP) is 2.10. The fourth-order valence-electron chi connectivity index (χ4n) is 1.89. The van der Waals surface area contributed by atoms with Gasteiger partial charge in [0.05, 0.1) is 6.10 Å². The molecule has 16 heavy (non-hydrogen) atoms. The summed E-state index contributed by atoms with van der Waals surface area (Å²) in [7, 11) is 0. The second kappa shape index (κ2) is 4.12. The van der Waals surface area contributed by atoms with E-state index in [1.54, 1.807) is 19.9 Å². The number of aryl methyl sites for hydroxylation is 1. The Hall–Kier alpha value is -1.58. The lowest BCUT2D eigenvalue weighted by Gasteiger charge is -2.08. The Bertz CT molecular complexity index is 431. The van der Waals surface area contributed by atoms with E-state index < -0.39 is 5.97 Å². The van der Waals surface area contributed by atoms with E-state index in [4.69, 9.17) is 4.74 Å². The molecule has 1 aromatic rings. The smallest absolute Gasteiger partial charge is 0.355 e. The molecule has 0 aromatic carbocycles. The van der Waals surface area contributed by atoms with E-state index in [1.165, 1.54) is 0 Å². The lowest BCUT2D eigenvalue weighted by molar-refractivity contribution is 0.0371. The first kappa shape index (κ1) is 10.9. The number of ether oxygens (including phenoxy) is 1. The normalized spacial score (nSPS) is 15.1. The molecule has 0 amide bonds. The van der Waals surface area contributed by atoms with Gasteiger partial charge in [-0.3, -0.25) is 4.79 Å². The maximum atomic E-state index is 11.6. The molecule has 1 aliphatic rings. The van der Waals surface area contributed by atoms with E-state index in [2.05, 4.69) is 4.98 Å². The average Bonchev–Trinajstić information content (AvgIpc) is 2.61. The quantitative estimate of drug-likeness (QED) is 0.778. The van der Waals surface area contributed by atoms with Crippen molar-refractivity contribution in [2.24, 2.45) is 0 Å². The summed E-state index contributed by atoms with van der Waals surface area (Å²) in [5, 5.41) is 0. The van der Waals surface area contributed by atoms with Crippen LogP contribution >= 0.6 is 0 Å². The van der Waals surface area contributed by atoms with E-state index in [-0.39, 0.29) is 11.9 Å². The first-order valence-corrected chi connectivity index (χ1v) is 5.54. The molecule has 4 heteroatoms. The van der Waals surface area contributed by atoms with Gasteiger partial charge in [-0.15, -0.1) is 0 Å². The minimum Gasteiger partial charge on any atom is -0.458 e. The van der Waals surface area contributed by atoms with Crippen molar-refractivity contribution in [2.45, 2.75) is 39.2 Å². The average molecular weight is 221 g/mol. The van der Waals surface area contributed by atoms with Gasteiger partial charge in [-0.25, -0.2) is 4.79 Å². The molecule has 1 aromatic heterocycles. The summed E-state index contributed by atoms with van der Waals surface area (Å²) in [5.74, 6) is -0.279. The Labute approximate surface area is 94.0 Å². The van der Waals surface area contributed by atoms with Crippen LogP contribution in [-0.4, -0.2) is 22.8 Å². The number of carbonyl (C=O) groups excluding carboxylic acids is 2. The number of esters is 1. The second-order valence-electron chi connectivity index (χ2n) is 4.31. The highest BCUT2D eigenvalue weighted by molar-refractivity contribution is 6.01. The number of H-pyrrole nitrogens is 1. The van der Waals surface area contributed by atoms with Crippen molar-refractivity contribution < 1.29 is 14.3 Å². The summed E-state index contributed by atoms with van der Waals surface area (Å²) in [6.45, 7) is 3.60. The van der Waals surface area contributed by atoms with Crippen molar-refractivity contribution in [3.63, 3.8) is 0 Å². The number of Topliss-reactive ketones (excluding diaryl/α,β-unsaturated/α-hetero) is 1. The van der Waals surface area contributed by atoms with E-state index in [0.29, 0.717) is 17.7 Å². The molecule has 0 aliphatic heterocycles. The maximum absolute atomic E-state index is 11.6. The van der Waals surface area contributed by atoms with Crippen molar-refractivity contribution in [2.75, 3.05) is 0 Å². The Morgan fingerprint density at radius 3 is 2.81 bits per heavy atom. The first-order valence-electron chi connectivity index (χ1n) is 5.54. The van der Waals surface area contributed by atoms with Crippen LogP contribution in [0.3, 0.4) is 0 Å². The molecule has 4 nitrogen and oxygen atoms in total. The molecule has 1 N–H and O–H groups in total. The molecule has 0 saturated heterocycles. The molecule has 1 heterocycles. The Morgan fingerprint density at radius 2 is 2.19 bits per heavy atom. The Kier molecular flexibility index (Phi) is 2.81. The van der Waals surface area contributed by atoms with Crippen LogP contribution in [-0.2, 0) is 11.2 Å². The maximum Gasteiger partial charge on any atom is 0.355 e. The third-order valence-corrected chi connectivity index (χ3v) is 2.59. The van der Waals surface area contributed by atoms with Gasteiger partial charge in [0, 0.05) is 17.7 Å². The van der Waals surface area contributed by atoms with Crippen molar-refractivity contribution >= 4 is 11.8 Å². The molecule has 2 rings (SSSR count). The molecule has 0 fully saturated rings. The van der Waals surface area contributed by atoms with Crippen LogP contribution in [0.1, 0.15) is 53.2 Å². The third-order valence-electron chi connectivity index (χ3n) is 2.59. The number of hydrogen-bond acceptors (Lipinski definition) is 3. The van der Waals surface area contributed by atoms with Gasteiger partial charge in [-0.05, 0) is 32.8 Å². The van der Waals surface area contributed by atoms with Crippen LogP contribution in [0.5, 0.6) is 0 Å². The van der Waals surface area contributed by atoms with Crippen molar-refractivity contribution in [1.82, 2.24) is 4.98 Å². The number of ketones is 1. The van der Waals surface area contributed by atoms with Gasteiger partial charge >= 0.3 is 5.97 Å². The highest BCUT2D eigenvalue weighted by Crippen LogP contribution is 2.22. The van der Waals surface area contributed by atoms with E-state index in [1.807, 2.05) is 0 Å². The molecule has 1 aliphatic carbocycles. The predicted molar refractivity (Wildman–Crippen MR) is 58.6 cm³/mol. The molecule has 0 unspecified atom stereocenters. The van der Waals surface area contributed by atoms with Gasteiger partial charge in [0.2, 0.25) is 0 Å². The number of fused-ring (bicyclic) bond motifs is 1. The first-order chi connectivity index (χ1) is 7.58. The molecule has 0 bridgehead atoms. The molecule has 0 saturated carbocycles. The minimum absolute atomic E-state index is 0.112. The molecular weight excluding hydrogens is 206 g/mol. The number of nitrogens with one attached hydrogen (secondary N) is 1. The Balaban J connectivity index is 2.24. The lowest BCUT2D eigenvalue weighted by Crippen LogP contribution is -2.11. The zero-order valence-corrected chi connectivity index (χ0v) is 9.50. The Morgan fingerprint density at radius 1 is 1.44 bits per heavy atom. The fraction of sp³-hybridized carbons (Fsp3) is 0.500. The zero-order valence-electron chi connectivity index (χ0n) is 9.50. The molecule has 0 spiro atoms. The van der Waals surface area contributed by atoms with Crippen molar-refractivity contribution in [1.29, 1.82) is 0 Å². The highest BCUT2D eigenvalue weighted by Gasteiger charge is 2.22. The van der Waals surface area contributed by atoms with Crippen LogP contribution < -0.4 is 0 Å². The van der Waals surface area contributed by atoms with Crippen LogP contribution in [0.4, 0.5) is 0 Å². The second-order valence-corrected chi connectivity index (χ2v) is 4.31. The van der Waals surface area contributed by atoms with E-state index >= 15 is 0 Å². The molecule has 0 radical (unpaired) electrons. The summed E-state index contributed by atoms with van der Waals surface area (Å²) in [4.78, 5) is 26.2. The standard InChI is InChI=1S/C12H15NO3/c1-7(2)16-12(15)10-6-8-9(13-10)4-3-5-11(8)14/h6-7,13H,3-5H2,1-2H3. The highest BCUT2D eigenvalue weighted by atomic mass is 16.5. The zero-order chi connectivity index (χ0) is 11.7. The van der Waals surface area contributed by atoms with Gasteiger partial charge in [-0.2, -0.15) is 0 Å². The van der Waals surface area contributed by atoms with Gasteiger partial charge in [-0.1, -0.05) is 0 Å². The van der Waals surface area contributed by atoms with E-state index in [0.717, 1.165) is 18.5 Å². The molecule has 0 atom stereocenters. The van der Waals surface area contributed by atoms with Crippen molar-refractivity contribution in [3.05, 3.63) is 23.0 Å². The number of hydrogen-bond donors (Lipinski definition) is 1. The van der Waals surface area contributed by atoms with Crippen LogP contribution in [0.2, 0.25) is 0 Å². The topological polar surface area (TPSA) is 59.2 Å². The van der Waals surface area contributed by atoms with Gasteiger partial charge in [0.25, 0.3) is 0 Å². The monoisotopic (exact) mass is 221 g/mol. The summed E-state index contributed by atoms with van der Waals surface area (Å²) < 4.78 is 5.07. The SMILES string of the molecule is CC(C)OC(=O)c1cc2c([nH]1)CCCC2=O. The number of carbonyl (C=O) groups is 2. The van der Waals surface area contributed by atoms with Crippen LogP contribution in [0, 0.1) is 0 Å². The molecule has 86 valence electrons. The summed E-state index contributed by atoms with van der Waals surface area (Å²) in [6, 6.07) is 1.61. The number of aromatic amines is 1. The van der Waals surface area contributed by atoms with Crippen LogP contribution in [0.15, 0.2) is 6.07 Å². The van der Waals surface area contributed by atoms with Gasteiger partial charge < -0.3 is 9.72 Å². The fourth-order valence-corrected chi connectivity index (χ4v) is 1.89. The minimum atomic E-state index is -0.391.